The van der Waals surface area contributed by atoms with Gasteiger partial charge in [0.1, 0.15) is 11.5 Å². The molecule has 6 nitrogen and oxygen atoms in total. The third-order valence-corrected chi connectivity index (χ3v) is 3.98. The molecule has 2 aromatic carbocycles. The molecule has 0 saturated carbocycles. The number of rotatable bonds is 6. The molecule has 0 aliphatic carbocycles. The molecule has 0 radical (unpaired) electrons. The van der Waals surface area contributed by atoms with Crippen molar-refractivity contribution in [2.75, 3.05) is 6.61 Å². The predicted octanol–water partition coefficient (Wildman–Crippen LogP) is 4.20. The molecule has 1 heterocycles. The number of carbonyl (C=O) groups is 2. The Labute approximate surface area is 162 Å². The van der Waals surface area contributed by atoms with Crippen molar-refractivity contribution in [3.05, 3.63) is 83.1 Å². The van der Waals surface area contributed by atoms with Gasteiger partial charge >= 0.3 is 5.97 Å². The van der Waals surface area contributed by atoms with Crippen LogP contribution in [0.15, 0.2) is 70.2 Å². The molecule has 0 saturated heterocycles. The summed E-state index contributed by atoms with van der Waals surface area (Å²) in [7, 11) is 0. The first-order valence-corrected chi connectivity index (χ1v) is 8.84. The van der Waals surface area contributed by atoms with E-state index >= 15 is 0 Å². The van der Waals surface area contributed by atoms with E-state index in [4.69, 9.17) is 9.15 Å². The number of hydrogen-bond acceptors (Lipinski definition) is 5. The summed E-state index contributed by atoms with van der Waals surface area (Å²) < 4.78 is 10.7. The van der Waals surface area contributed by atoms with Crippen LogP contribution < -0.4 is 5.43 Å². The summed E-state index contributed by atoms with van der Waals surface area (Å²) >= 11 is 0. The monoisotopic (exact) mass is 376 g/mol. The van der Waals surface area contributed by atoms with Crippen LogP contribution in [0, 0.1) is 6.92 Å². The minimum atomic E-state index is -0.356. The first-order chi connectivity index (χ1) is 13.6. The SMILES string of the molecule is CCOC(=O)c1ccc(-c2ccc(C=NNC(=O)c3ccc(C)cc3)o2)cc1. The van der Waals surface area contributed by atoms with Crippen molar-refractivity contribution in [2.24, 2.45) is 5.10 Å². The zero-order chi connectivity index (χ0) is 19.9. The molecule has 0 bridgehead atoms. The van der Waals surface area contributed by atoms with Crippen molar-refractivity contribution in [2.45, 2.75) is 13.8 Å². The largest absolute Gasteiger partial charge is 0.462 e. The van der Waals surface area contributed by atoms with Gasteiger partial charge in [0.2, 0.25) is 0 Å². The number of carbonyl (C=O) groups excluding carboxylic acids is 2. The number of esters is 1. The quantitative estimate of drug-likeness (QED) is 0.397. The van der Waals surface area contributed by atoms with Crippen molar-refractivity contribution in [1.29, 1.82) is 0 Å². The lowest BCUT2D eigenvalue weighted by atomic mass is 10.1. The molecular formula is C22H20N2O4. The highest BCUT2D eigenvalue weighted by molar-refractivity contribution is 5.94. The van der Waals surface area contributed by atoms with E-state index in [1.54, 1.807) is 55.5 Å². The van der Waals surface area contributed by atoms with Gasteiger partial charge in [-0.25, -0.2) is 10.2 Å². The second kappa shape index (κ2) is 8.81. The fourth-order valence-electron chi connectivity index (χ4n) is 2.49. The fraction of sp³-hybridized carbons (Fsp3) is 0.136. The Morgan fingerprint density at radius 2 is 1.68 bits per heavy atom. The number of ether oxygens (including phenoxy) is 1. The summed E-state index contributed by atoms with van der Waals surface area (Å²) in [6.07, 6.45) is 1.43. The fourth-order valence-corrected chi connectivity index (χ4v) is 2.49. The molecule has 0 spiro atoms. The van der Waals surface area contributed by atoms with E-state index in [9.17, 15) is 9.59 Å². The maximum absolute atomic E-state index is 12.0. The van der Waals surface area contributed by atoms with Gasteiger partial charge in [-0.15, -0.1) is 0 Å². The molecule has 1 amide bonds. The predicted molar refractivity (Wildman–Crippen MR) is 106 cm³/mol. The molecule has 0 atom stereocenters. The zero-order valence-electron chi connectivity index (χ0n) is 15.6. The summed E-state index contributed by atoms with van der Waals surface area (Å²) in [5, 5.41) is 3.93. The molecular weight excluding hydrogens is 356 g/mol. The smallest absolute Gasteiger partial charge is 0.338 e. The number of amides is 1. The third kappa shape index (κ3) is 4.73. The van der Waals surface area contributed by atoms with Crippen LogP contribution in [0.1, 0.15) is 39.0 Å². The van der Waals surface area contributed by atoms with Crippen LogP contribution in [0.25, 0.3) is 11.3 Å². The van der Waals surface area contributed by atoms with Gasteiger partial charge in [0.15, 0.2) is 0 Å². The Morgan fingerprint density at radius 1 is 1.00 bits per heavy atom. The van der Waals surface area contributed by atoms with Gasteiger partial charge in [-0.05, 0) is 50.2 Å². The van der Waals surface area contributed by atoms with Gasteiger partial charge < -0.3 is 9.15 Å². The summed E-state index contributed by atoms with van der Waals surface area (Å²) in [4.78, 5) is 23.7. The van der Waals surface area contributed by atoms with Gasteiger partial charge in [-0.1, -0.05) is 29.8 Å². The number of nitrogens with one attached hydrogen (secondary N) is 1. The van der Waals surface area contributed by atoms with Crippen LogP contribution in [0.4, 0.5) is 0 Å². The Morgan fingerprint density at radius 3 is 2.36 bits per heavy atom. The topological polar surface area (TPSA) is 80.9 Å². The van der Waals surface area contributed by atoms with E-state index in [1.165, 1.54) is 6.21 Å². The molecule has 6 heteroatoms. The first kappa shape index (κ1) is 19.1. The maximum atomic E-state index is 12.0. The zero-order valence-corrected chi connectivity index (χ0v) is 15.6. The summed E-state index contributed by atoms with van der Waals surface area (Å²) in [6.45, 7) is 4.06. The summed E-state index contributed by atoms with van der Waals surface area (Å²) in [5.41, 5.74) is 5.38. The van der Waals surface area contributed by atoms with Gasteiger partial charge in [0.25, 0.3) is 5.91 Å². The molecule has 0 fully saturated rings. The van der Waals surface area contributed by atoms with Crippen LogP contribution in [0.5, 0.6) is 0 Å². The highest BCUT2D eigenvalue weighted by atomic mass is 16.5. The third-order valence-electron chi connectivity index (χ3n) is 3.98. The van der Waals surface area contributed by atoms with E-state index in [0.717, 1.165) is 11.1 Å². The van der Waals surface area contributed by atoms with Crippen molar-refractivity contribution < 1.29 is 18.7 Å². The molecule has 3 aromatic rings. The second-order valence-corrected chi connectivity index (χ2v) is 6.06. The highest BCUT2D eigenvalue weighted by Crippen LogP contribution is 2.22. The normalized spacial score (nSPS) is 10.8. The molecule has 0 aliphatic rings. The summed E-state index contributed by atoms with van der Waals surface area (Å²) in [5.74, 6) is 0.471. The molecule has 28 heavy (non-hydrogen) atoms. The van der Waals surface area contributed by atoms with Gasteiger partial charge in [-0.2, -0.15) is 5.10 Å². The number of hydrogen-bond donors (Lipinski definition) is 1. The lowest BCUT2D eigenvalue weighted by molar-refractivity contribution is 0.0526. The van der Waals surface area contributed by atoms with E-state index in [-0.39, 0.29) is 11.9 Å². The lowest BCUT2D eigenvalue weighted by Crippen LogP contribution is -2.17. The van der Waals surface area contributed by atoms with Crippen molar-refractivity contribution >= 4 is 18.1 Å². The van der Waals surface area contributed by atoms with Crippen LogP contribution in [-0.4, -0.2) is 24.7 Å². The molecule has 1 aromatic heterocycles. The molecule has 0 aliphatic heterocycles. The van der Waals surface area contributed by atoms with Gasteiger partial charge in [0.05, 0.1) is 18.4 Å². The molecule has 1 N–H and O–H groups in total. The average molecular weight is 376 g/mol. The minimum Gasteiger partial charge on any atom is -0.462 e. The van der Waals surface area contributed by atoms with Crippen molar-refractivity contribution in [3.8, 4) is 11.3 Å². The van der Waals surface area contributed by atoms with Crippen molar-refractivity contribution in [1.82, 2.24) is 5.43 Å². The first-order valence-electron chi connectivity index (χ1n) is 8.84. The summed E-state index contributed by atoms with van der Waals surface area (Å²) in [6, 6.07) is 17.7. The van der Waals surface area contributed by atoms with E-state index < -0.39 is 0 Å². The Kier molecular flexibility index (Phi) is 6.01. The second-order valence-electron chi connectivity index (χ2n) is 6.06. The van der Waals surface area contributed by atoms with Gasteiger partial charge in [-0.3, -0.25) is 4.79 Å². The molecule has 3 rings (SSSR count). The number of aryl methyl sites for hydroxylation is 1. The highest BCUT2D eigenvalue weighted by Gasteiger charge is 2.08. The Hall–Kier alpha value is -3.67. The number of benzene rings is 2. The Balaban J connectivity index is 1.62. The van der Waals surface area contributed by atoms with Crippen LogP contribution >= 0.6 is 0 Å². The van der Waals surface area contributed by atoms with Crippen molar-refractivity contribution in [3.63, 3.8) is 0 Å². The van der Waals surface area contributed by atoms with E-state index in [0.29, 0.717) is 29.3 Å². The molecule has 142 valence electrons. The van der Waals surface area contributed by atoms with Gasteiger partial charge in [0, 0.05) is 11.1 Å². The standard InChI is InChI=1S/C22H20N2O4/c1-3-27-22(26)18-10-8-16(9-11-18)20-13-12-19(28-20)14-23-24-21(25)17-6-4-15(2)5-7-17/h4-14H,3H2,1-2H3,(H,24,25). The average Bonchev–Trinajstić information content (AvgIpc) is 3.17. The number of hydrazone groups is 1. The Bertz CT molecular complexity index is 986. The van der Waals surface area contributed by atoms with E-state index in [1.807, 2.05) is 19.1 Å². The maximum Gasteiger partial charge on any atom is 0.338 e. The van der Waals surface area contributed by atoms with Crippen LogP contribution in [0.3, 0.4) is 0 Å². The lowest BCUT2D eigenvalue weighted by Gasteiger charge is -2.02. The number of nitrogens with zero attached hydrogens (tertiary/aromatic N) is 1. The number of furan rings is 1. The van der Waals surface area contributed by atoms with Crippen LogP contribution in [0.2, 0.25) is 0 Å². The van der Waals surface area contributed by atoms with E-state index in [2.05, 4.69) is 10.5 Å². The minimum absolute atomic E-state index is 0.294. The van der Waals surface area contributed by atoms with Crippen LogP contribution in [-0.2, 0) is 4.74 Å². The molecule has 0 unspecified atom stereocenters.